The predicted octanol–water partition coefficient (Wildman–Crippen LogP) is 4.24. The molecule has 0 spiro atoms. The molecule has 0 fully saturated rings. The van der Waals surface area contributed by atoms with Crippen LogP contribution in [0.4, 0.5) is 0 Å². The van der Waals surface area contributed by atoms with Crippen LogP contribution in [-0.4, -0.2) is 16.5 Å². The number of rotatable bonds is 3. The summed E-state index contributed by atoms with van der Waals surface area (Å²) in [5.74, 6) is 0.372. The van der Waals surface area contributed by atoms with Crippen molar-refractivity contribution in [3.05, 3.63) is 72.3 Å². The Bertz CT molecular complexity index is 739. The number of carbonyl (C=O) groups is 1. The average Bonchev–Trinajstić information content (AvgIpc) is 2.55. The van der Waals surface area contributed by atoms with E-state index in [9.17, 15) is 15.0 Å². The Morgan fingerprint density at radius 3 is 1.41 bits per heavy atom. The molecule has 0 aliphatic rings. The molecule has 0 amide bonds. The fourth-order valence-corrected chi connectivity index (χ4v) is 2.48. The van der Waals surface area contributed by atoms with Gasteiger partial charge in [0.1, 0.15) is 11.5 Å². The first-order valence-electron chi connectivity index (χ1n) is 6.86. The van der Waals surface area contributed by atoms with Crippen molar-refractivity contribution >= 4 is 6.29 Å². The van der Waals surface area contributed by atoms with Crippen molar-refractivity contribution in [1.82, 2.24) is 0 Å². The van der Waals surface area contributed by atoms with Gasteiger partial charge < -0.3 is 10.2 Å². The Labute approximate surface area is 128 Å². The smallest absolute Gasteiger partial charge is 0.151 e. The van der Waals surface area contributed by atoms with E-state index in [0.717, 1.165) is 28.5 Å². The van der Waals surface area contributed by atoms with E-state index in [2.05, 4.69) is 0 Å². The molecule has 0 heterocycles. The van der Waals surface area contributed by atoms with Crippen LogP contribution < -0.4 is 0 Å². The molecule has 0 radical (unpaired) electrons. The maximum Gasteiger partial charge on any atom is 0.151 e. The van der Waals surface area contributed by atoms with Gasteiger partial charge in [-0.25, -0.2) is 0 Å². The second-order valence-corrected chi connectivity index (χ2v) is 4.98. The normalized spacial score (nSPS) is 10.4. The lowest BCUT2D eigenvalue weighted by Crippen LogP contribution is -1.92. The number of phenolic OH excluding ortho intramolecular Hbond substituents is 2. The molecule has 3 rings (SSSR count). The van der Waals surface area contributed by atoms with Gasteiger partial charge in [-0.2, -0.15) is 0 Å². The van der Waals surface area contributed by atoms with E-state index in [-0.39, 0.29) is 11.5 Å². The summed E-state index contributed by atoms with van der Waals surface area (Å²) in [5, 5.41) is 18.8. The molecule has 2 N–H and O–H groups in total. The third-order valence-electron chi connectivity index (χ3n) is 3.58. The van der Waals surface area contributed by atoms with Gasteiger partial charge in [-0.3, -0.25) is 4.79 Å². The molecular weight excluding hydrogens is 276 g/mol. The first kappa shape index (κ1) is 13.9. The molecule has 0 unspecified atom stereocenters. The molecular formula is C19H14O3. The van der Waals surface area contributed by atoms with Gasteiger partial charge >= 0.3 is 0 Å². The molecule has 22 heavy (non-hydrogen) atoms. The zero-order valence-corrected chi connectivity index (χ0v) is 11.7. The van der Waals surface area contributed by atoms with Gasteiger partial charge in [0.2, 0.25) is 0 Å². The van der Waals surface area contributed by atoms with Crippen LogP contribution in [0.25, 0.3) is 22.3 Å². The van der Waals surface area contributed by atoms with E-state index in [1.54, 1.807) is 48.5 Å². The Morgan fingerprint density at radius 1 is 0.636 bits per heavy atom. The molecule has 3 aromatic rings. The highest BCUT2D eigenvalue weighted by molar-refractivity contribution is 5.96. The zero-order chi connectivity index (χ0) is 15.5. The minimum Gasteiger partial charge on any atom is -0.508 e. The first-order chi connectivity index (χ1) is 10.7. The quantitative estimate of drug-likeness (QED) is 0.709. The summed E-state index contributed by atoms with van der Waals surface area (Å²) in [6, 6.07) is 19.1. The maximum absolute atomic E-state index is 11.6. The van der Waals surface area contributed by atoms with Crippen molar-refractivity contribution in [1.29, 1.82) is 0 Å². The summed E-state index contributed by atoms with van der Waals surface area (Å²) in [6.07, 6.45) is 0.838. The van der Waals surface area contributed by atoms with Crippen LogP contribution in [0.2, 0.25) is 0 Å². The summed E-state index contributed by atoms with van der Waals surface area (Å²) >= 11 is 0. The average molecular weight is 290 g/mol. The van der Waals surface area contributed by atoms with Crippen LogP contribution in [0.5, 0.6) is 11.5 Å². The summed E-state index contributed by atoms with van der Waals surface area (Å²) in [5.41, 5.74) is 3.92. The molecule has 3 nitrogen and oxygen atoms in total. The minimum absolute atomic E-state index is 0.186. The third kappa shape index (κ3) is 2.56. The van der Waals surface area contributed by atoms with E-state index in [4.69, 9.17) is 0 Å². The van der Waals surface area contributed by atoms with Crippen LogP contribution in [-0.2, 0) is 0 Å². The van der Waals surface area contributed by atoms with Gasteiger partial charge in [0, 0.05) is 5.56 Å². The molecule has 3 aromatic carbocycles. The lowest BCUT2D eigenvalue weighted by atomic mass is 9.92. The molecule has 0 aliphatic heterocycles. The molecule has 0 atom stereocenters. The van der Waals surface area contributed by atoms with Crippen molar-refractivity contribution in [2.24, 2.45) is 0 Å². The van der Waals surface area contributed by atoms with E-state index in [0.29, 0.717) is 5.56 Å². The SMILES string of the molecule is O=Cc1c(-c2ccc(O)cc2)cccc1-c1ccc(O)cc1. The maximum atomic E-state index is 11.6. The van der Waals surface area contributed by atoms with Crippen LogP contribution >= 0.6 is 0 Å². The monoisotopic (exact) mass is 290 g/mol. The van der Waals surface area contributed by atoms with Crippen LogP contribution in [0.15, 0.2) is 66.7 Å². The Morgan fingerprint density at radius 2 is 1.05 bits per heavy atom. The minimum atomic E-state index is 0.186. The van der Waals surface area contributed by atoms with Crippen molar-refractivity contribution in [3.8, 4) is 33.8 Å². The van der Waals surface area contributed by atoms with Gasteiger partial charge in [-0.15, -0.1) is 0 Å². The number of aromatic hydroxyl groups is 2. The van der Waals surface area contributed by atoms with E-state index >= 15 is 0 Å². The van der Waals surface area contributed by atoms with Crippen LogP contribution in [0.3, 0.4) is 0 Å². The second-order valence-electron chi connectivity index (χ2n) is 4.98. The fraction of sp³-hybridized carbons (Fsp3) is 0. The van der Waals surface area contributed by atoms with Gasteiger partial charge in [0.25, 0.3) is 0 Å². The number of benzene rings is 3. The van der Waals surface area contributed by atoms with E-state index in [1.807, 2.05) is 18.2 Å². The molecule has 0 aliphatic carbocycles. The van der Waals surface area contributed by atoms with Crippen molar-refractivity contribution in [3.63, 3.8) is 0 Å². The Balaban J connectivity index is 2.17. The highest BCUT2D eigenvalue weighted by atomic mass is 16.3. The number of aldehydes is 1. The topological polar surface area (TPSA) is 57.5 Å². The number of hydrogen-bond donors (Lipinski definition) is 2. The fourth-order valence-electron chi connectivity index (χ4n) is 2.48. The number of hydrogen-bond acceptors (Lipinski definition) is 3. The standard InChI is InChI=1S/C19H14O3/c20-12-19-17(13-4-8-15(21)9-5-13)2-1-3-18(19)14-6-10-16(22)11-7-14/h1-12,21-22H. The molecule has 3 heteroatoms. The van der Waals surface area contributed by atoms with Gasteiger partial charge in [-0.05, 0) is 46.5 Å². The number of phenols is 2. The van der Waals surface area contributed by atoms with E-state index < -0.39 is 0 Å². The summed E-state index contributed by atoms with van der Waals surface area (Å²) < 4.78 is 0. The lowest BCUT2D eigenvalue weighted by Gasteiger charge is -2.11. The van der Waals surface area contributed by atoms with Gasteiger partial charge in [-0.1, -0.05) is 42.5 Å². The summed E-state index contributed by atoms with van der Waals surface area (Å²) in [6.45, 7) is 0. The van der Waals surface area contributed by atoms with Crippen LogP contribution in [0, 0.1) is 0 Å². The highest BCUT2D eigenvalue weighted by Crippen LogP contribution is 2.32. The number of carbonyl (C=O) groups excluding carboxylic acids is 1. The van der Waals surface area contributed by atoms with Crippen molar-refractivity contribution < 1.29 is 15.0 Å². The molecule has 0 bridgehead atoms. The zero-order valence-electron chi connectivity index (χ0n) is 11.7. The van der Waals surface area contributed by atoms with E-state index in [1.165, 1.54) is 0 Å². The Kier molecular flexibility index (Phi) is 3.62. The van der Waals surface area contributed by atoms with Gasteiger partial charge in [0.15, 0.2) is 6.29 Å². The van der Waals surface area contributed by atoms with Crippen molar-refractivity contribution in [2.75, 3.05) is 0 Å². The van der Waals surface area contributed by atoms with Gasteiger partial charge in [0.05, 0.1) is 0 Å². The summed E-state index contributed by atoms with van der Waals surface area (Å²) in [4.78, 5) is 11.6. The molecule has 0 aromatic heterocycles. The molecule has 0 saturated carbocycles. The first-order valence-corrected chi connectivity index (χ1v) is 6.86. The third-order valence-corrected chi connectivity index (χ3v) is 3.58. The summed E-state index contributed by atoms with van der Waals surface area (Å²) in [7, 11) is 0. The lowest BCUT2D eigenvalue weighted by molar-refractivity contribution is 0.112. The Hall–Kier alpha value is -3.07. The molecule has 0 saturated heterocycles. The molecule has 108 valence electrons. The van der Waals surface area contributed by atoms with Crippen molar-refractivity contribution in [2.45, 2.75) is 0 Å². The highest BCUT2D eigenvalue weighted by Gasteiger charge is 2.11. The second kappa shape index (κ2) is 5.74. The van der Waals surface area contributed by atoms with Crippen LogP contribution in [0.1, 0.15) is 10.4 Å². The predicted molar refractivity (Wildman–Crippen MR) is 86.0 cm³/mol. The largest absolute Gasteiger partial charge is 0.508 e.